The quantitative estimate of drug-likeness (QED) is 0.848. The van der Waals surface area contributed by atoms with E-state index in [-0.39, 0.29) is 6.09 Å². The van der Waals surface area contributed by atoms with Crippen LogP contribution < -0.4 is 5.73 Å². The molecule has 0 aromatic carbocycles. The summed E-state index contributed by atoms with van der Waals surface area (Å²) in [5, 5.41) is 0. The number of nitrogens with two attached hydrogens (primary N) is 1. The summed E-state index contributed by atoms with van der Waals surface area (Å²) < 4.78 is 5.46. The SMILES string of the molecule is CN(CCN)C1CCCCN(C(=O)OC(C)(C)C)C1. The Kier molecular flexibility index (Phi) is 6.07. The second kappa shape index (κ2) is 7.10. The van der Waals surface area contributed by atoms with Crippen LogP contribution in [0.4, 0.5) is 4.79 Å². The van der Waals surface area contributed by atoms with Crippen LogP contribution in [0.15, 0.2) is 0 Å². The summed E-state index contributed by atoms with van der Waals surface area (Å²) in [6.07, 6.45) is 3.13. The van der Waals surface area contributed by atoms with E-state index < -0.39 is 5.60 Å². The molecule has 19 heavy (non-hydrogen) atoms. The maximum absolute atomic E-state index is 12.2. The molecule has 1 saturated heterocycles. The van der Waals surface area contributed by atoms with E-state index in [0.717, 1.165) is 38.9 Å². The van der Waals surface area contributed by atoms with Crippen molar-refractivity contribution in [1.82, 2.24) is 9.80 Å². The first kappa shape index (κ1) is 16.2. The molecule has 1 heterocycles. The zero-order chi connectivity index (χ0) is 14.5. The van der Waals surface area contributed by atoms with Gasteiger partial charge in [-0.1, -0.05) is 6.42 Å². The van der Waals surface area contributed by atoms with E-state index in [1.54, 1.807) is 0 Å². The van der Waals surface area contributed by atoms with E-state index in [9.17, 15) is 4.79 Å². The van der Waals surface area contributed by atoms with E-state index in [2.05, 4.69) is 11.9 Å². The number of rotatable bonds is 3. The topological polar surface area (TPSA) is 58.8 Å². The van der Waals surface area contributed by atoms with E-state index >= 15 is 0 Å². The molecule has 5 nitrogen and oxygen atoms in total. The van der Waals surface area contributed by atoms with Gasteiger partial charge in [0.1, 0.15) is 5.60 Å². The number of carbonyl (C=O) groups is 1. The van der Waals surface area contributed by atoms with Crippen molar-refractivity contribution in [2.45, 2.75) is 51.7 Å². The molecule has 1 unspecified atom stereocenters. The third-order valence-electron chi connectivity index (χ3n) is 3.40. The van der Waals surface area contributed by atoms with Gasteiger partial charge in [-0.05, 0) is 40.7 Å². The van der Waals surface area contributed by atoms with Crippen molar-refractivity contribution in [3.63, 3.8) is 0 Å². The number of amides is 1. The maximum atomic E-state index is 12.2. The minimum atomic E-state index is -0.429. The van der Waals surface area contributed by atoms with Gasteiger partial charge in [0, 0.05) is 32.2 Å². The minimum Gasteiger partial charge on any atom is -0.444 e. The molecule has 1 rings (SSSR count). The minimum absolute atomic E-state index is 0.194. The van der Waals surface area contributed by atoms with Crippen LogP contribution in [0.25, 0.3) is 0 Å². The van der Waals surface area contributed by atoms with Gasteiger partial charge >= 0.3 is 6.09 Å². The Morgan fingerprint density at radius 2 is 2.11 bits per heavy atom. The standard InChI is InChI=1S/C14H29N3O2/c1-14(2,3)19-13(18)17-9-6-5-7-12(11-17)16(4)10-8-15/h12H,5-11,15H2,1-4H3. The Hall–Kier alpha value is -0.810. The zero-order valence-corrected chi connectivity index (χ0v) is 12.8. The van der Waals surface area contributed by atoms with Gasteiger partial charge in [0.2, 0.25) is 0 Å². The number of carbonyl (C=O) groups excluding carboxylic acids is 1. The van der Waals surface area contributed by atoms with Crippen molar-refractivity contribution in [2.24, 2.45) is 5.73 Å². The Labute approximate surface area is 117 Å². The Morgan fingerprint density at radius 3 is 2.68 bits per heavy atom. The molecule has 1 atom stereocenters. The molecule has 0 aromatic rings. The van der Waals surface area contributed by atoms with Crippen molar-refractivity contribution in [3.05, 3.63) is 0 Å². The van der Waals surface area contributed by atoms with Crippen LogP contribution in [0.3, 0.4) is 0 Å². The normalized spacial score (nSPS) is 21.4. The lowest BCUT2D eigenvalue weighted by atomic mass is 10.1. The van der Waals surface area contributed by atoms with Crippen LogP contribution in [0.1, 0.15) is 40.0 Å². The predicted octanol–water partition coefficient (Wildman–Crippen LogP) is 1.67. The van der Waals surface area contributed by atoms with Gasteiger partial charge in [-0.25, -0.2) is 4.79 Å². The molecule has 1 fully saturated rings. The molecule has 0 bridgehead atoms. The lowest BCUT2D eigenvalue weighted by molar-refractivity contribution is 0.0216. The molecular weight excluding hydrogens is 242 g/mol. The van der Waals surface area contributed by atoms with Crippen LogP contribution in [-0.4, -0.2) is 60.8 Å². The summed E-state index contributed by atoms with van der Waals surface area (Å²) in [5.41, 5.74) is 5.18. The molecular formula is C14H29N3O2. The highest BCUT2D eigenvalue weighted by Gasteiger charge is 2.27. The summed E-state index contributed by atoms with van der Waals surface area (Å²) in [7, 11) is 2.08. The maximum Gasteiger partial charge on any atom is 0.410 e. The van der Waals surface area contributed by atoms with Crippen LogP contribution in [0.5, 0.6) is 0 Å². The number of ether oxygens (including phenoxy) is 1. The van der Waals surface area contributed by atoms with Crippen molar-refractivity contribution < 1.29 is 9.53 Å². The molecule has 0 aliphatic carbocycles. The number of likely N-dealkylation sites (tertiary alicyclic amines) is 1. The van der Waals surface area contributed by atoms with Crippen molar-refractivity contribution in [1.29, 1.82) is 0 Å². The van der Waals surface area contributed by atoms with Gasteiger partial charge in [-0.2, -0.15) is 0 Å². The highest BCUT2D eigenvalue weighted by Crippen LogP contribution is 2.17. The second-order valence-electron chi connectivity index (χ2n) is 6.35. The molecule has 0 saturated carbocycles. The van der Waals surface area contributed by atoms with Gasteiger partial charge in [0.25, 0.3) is 0 Å². The molecule has 1 aliphatic rings. The van der Waals surface area contributed by atoms with Gasteiger partial charge in [-0.3, -0.25) is 0 Å². The first-order chi connectivity index (χ1) is 8.83. The summed E-state index contributed by atoms with van der Waals surface area (Å²) >= 11 is 0. The number of hydrogen-bond donors (Lipinski definition) is 1. The molecule has 0 aromatic heterocycles. The monoisotopic (exact) mass is 271 g/mol. The van der Waals surface area contributed by atoms with E-state index in [1.165, 1.54) is 0 Å². The first-order valence-corrected chi connectivity index (χ1v) is 7.21. The first-order valence-electron chi connectivity index (χ1n) is 7.21. The van der Waals surface area contributed by atoms with Crippen molar-refractivity contribution in [2.75, 3.05) is 33.2 Å². The summed E-state index contributed by atoms with van der Waals surface area (Å²) in [5.74, 6) is 0. The zero-order valence-electron chi connectivity index (χ0n) is 12.8. The van der Waals surface area contributed by atoms with Gasteiger partial charge in [-0.15, -0.1) is 0 Å². The number of nitrogens with zero attached hydrogens (tertiary/aromatic N) is 2. The van der Waals surface area contributed by atoms with E-state index in [0.29, 0.717) is 12.6 Å². The Bertz CT molecular complexity index is 289. The molecule has 2 N–H and O–H groups in total. The van der Waals surface area contributed by atoms with Gasteiger partial charge in [0.05, 0.1) is 0 Å². The molecule has 112 valence electrons. The lowest BCUT2D eigenvalue weighted by Gasteiger charge is -2.32. The summed E-state index contributed by atoms with van der Waals surface area (Å²) in [6.45, 7) is 8.77. The average Bonchev–Trinajstić information content (AvgIpc) is 2.52. The van der Waals surface area contributed by atoms with Gasteiger partial charge in [0.15, 0.2) is 0 Å². The lowest BCUT2D eigenvalue weighted by Crippen LogP contribution is -2.46. The van der Waals surface area contributed by atoms with Crippen molar-refractivity contribution >= 4 is 6.09 Å². The third-order valence-corrected chi connectivity index (χ3v) is 3.40. The molecule has 0 radical (unpaired) electrons. The smallest absolute Gasteiger partial charge is 0.410 e. The predicted molar refractivity (Wildman–Crippen MR) is 77.1 cm³/mol. The fraction of sp³-hybridized carbons (Fsp3) is 0.929. The third kappa shape index (κ3) is 5.78. The highest BCUT2D eigenvalue weighted by atomic mass is 16.6. The van der Waals surface area contributed by atoms with E-state index in [4.69, 9.17) is 10.5 Å². The van der Waals surface area contributed by atoms with Crippen LogP contribution >= 0.6 is 0 Å². The summed E-state index contributed by atoms with van der Waals surface area (Å²) in [6, 6.07) is 0.388. The number of likely N-dealkylation sites (N-methyl/N-ethyl adjacent to an activating group) is 1. The molecule has 0 spiro atoms. The Morgan fingerprint density at radius 1 is 1.42 bits per heavy atom. The molecule has 1 aliphatic heterocycles. The second-order valence-corrected chi connectivity index (χ2v) is 6.35. The summed E-state index contributed by atoms with van der Waals surface area (Å²) in [4.78, 5) is 16.2. The van der Waals surface area contributed by atoms with Crippen LogP contribution in [0.2, 0.25) is 0 Å². The highest BCUT2D eigenvalue weighted by molar-refractivity contribution is 5.68. The van der Waals surface area contributed by atoms with E-state index in [1.807, 2.05) is 25.7 Å². The average molecular weight is 271 g/mol. The molecule has 5 heteroatoms. The number of hydrogen-bond acceptors (Lipinski definition) is 4. The van der Waals surface area contributed by atoms with Gasteiger partial charge < -0.3 is 20.3 Å². The molecule has 1 amide bonds. The Balaban J connectivity index is 2.60. The fourth-order valence-electron chi connectivity index (χ4n) is 2.36. The fourth-order valence-corrected chi connectivity index (χ4v) is 2.36. The van der Waals surface area contributed by atoms with Crippen molar-refractivity contribution in [3.8, 4) is 0 Å². The van der Waals surface area contributed by atoms with Crippen LogP contribution in [-0.2, 0) is 4.74 Å². The van der Waals surface area contributed by atoms with Crippen LogP contribution in [0, 0.1) is 0 Å². The largest absolute Gasteiger partial charge is 0.444 e.